The van der Waals surface area contributed by atoms with Crippen LogP contribution < -0.4 is 10.1 Å². The zero-order chi connectivity index (χ0) is 16.8. The molecular weight excluding hydrogens is 296 g/mol. The maximum Gasteiger partial charge on any atom is 0.271 e. The molecule has 1 amide bonds. The Hall–Kier alpha value is -3.15. The van der Waals surface area contributed by atoms with Crippen molar-refractivity contribution in [2.75, 3.05) is 12.4 Å². The van der Waals surface area contributed by atoms with Crippen LogP contribution in [0, 0.1) is 17.0 Å². The van der Waals surface area contributed by atoms with E-state index in [0.29, 0.717) is 5.75 Å². The fraction of sp³-hybridized carbons (Fsp3) is 0.118. The van der Waals surface area contributed by atoms with E-state index in [0.717, 1.165) is 11.1 Å². The van der Waals surface area contributed by atoms with Crippen LogP contribution in [0.25, 0.3) is 6.08 Å². The van der Waals surface area contributed by atoms with Gasteiger partial charge in [0.15, 0.2) is 0 Å². The van der Waals surface area contributed by atoms with Crippen molar-refractivity contribution in [2.24, 2.45) is 0 Å². The molecule has 2 aromatic carbocycles. The fourth-order valence-corrected chi connectivity index (χ4v) is 2.03. The van der Waals surface area contributed by atoms with Gasteiger partial charge in [-0.15, -0.1) is 0 Å². The molecule has 0 heterocycles. The molecule has 0 saturated carbocycles. The molecule has 0 spiro atoms. The lowest BCUT2D eigenvalue weighted by Gasteiger charge is -2.08. The highest BCUT2D eigenvalue weighted by Crippen LogP contribution is 2.28. The van der Waals surface area contributed by atoms with Crippen LogP contribution in [-0.2, 0) is 4.79 Å². The van der Waals surface area contributed by atoms with Gasteiger partial charge in [0.25, 0.3) is 5.69 Å². The smallest absolute Gasteiger partial charge is 0.271 e. The average Bonchev–Trinajstić information content (AvgIpc) is 2.53. The van der Waals surface area contributed by atoms with E-state index < -0.39 is 10.8 Å². The number of methoxy groups -OCH3 is 1. The summed E-state index contributed by atoms with van der Waals surface area (Å²) in [7, 11) is 1.43. The summed E-state index contributed by atoms with van der Waals surface area (Å²) >= 11 is 0. The number of nitro benzene ring substituents is 1. The number of carbonyl (C=O) groups is 1. The highest BCUT2D eigenvalue weighted by Gasteiger charge is 2.12. The monoisotopic (exact) mass is 312 g/mol. The van der Waals surface area contributed by atoms with Gasteiger partial charge in [-0.25, -0.2) is 0 Å². The fourth-order valence-electron chi connectivity index (χ4n) is 2.03. The summed E-state index contributed by atoms with van der Waals surface area (Å²) in [5, 5.41) is 13.4. The lowest BCUT2D eigenvalue weighted by atomic mass is 10.1. The van der Waals surface area contributed by atoms with Crippen LogP contribution >= 0.6 is 0 Å². The van der Waals surface area contributed by atoms with Gasteiger partial charge < -0.3 is 10.1 Å². The Labute approximate surface area is 133 Å². The zero-order valence-electron chi connectivity index (χ0n) is 12.8. The minimum Gasteiger partial charge on any atom is -0.495 e. The first-order valence-corrected chi connectivity index (χ1v) is 6.88. The molecule has 0 aliphatic heterocycles. The molecule has 6 heteroatoms. The summed E-state index contributed by atoms with van der Waals surface area (Å²) in [6.07, 6.45) is 3.04. The maximum atomic E-state index is 12.0. The number of nitrogens with zero attached hydrogens (tertiary/aromatic N) is 1. The Kier molecular flexibility index (Phi) is 5.09. The van der Waals surface area contributed by atoms with E-state index >= 15 is 0 Å². The standard InChI is InChI=1S/C17H16N2O4/c1-12-4-3-5-13(10-12)6-9-17(20)18-15-11-14(19(21)22)7-8-16(15)23-2/h3-11H,1-2H3,(H,18,20)/b9-6+. The molecule has 0 bridgehead atoms. The number of nitrogens with one attached hydrogen (secondary N) is 1. The molecule has 0 saturated heterocycles. The molecule has 0 aliphatic rings. The average molecular weight is 312 g/mol. The summed E-state index contributed by atoms with van der Waals surface area (Å²) in [5.74, 6) is -0.0433. The number of aryl methyl sites for hydroxylation is 1. The molecule has 0 aliphatic carbocycles. The topological polar surface area (TPSA) is 81.5 Å². The summed E-state index contributed by atoms with van der Waals surface area (Å²) in [6.45, 7) is 1.96. The Morgan fingerprint density at radius 2 is 2.04 bits per heavy atom. The van der Waals surface area contributed by atoms with Gasteiger partial charge in [0.1, 0.15) is 5.75 Å². The van der Waals surface area contributed by atoms with Crippen molar-refractivity contribution >= 4 is 23.4 Å². The predicted octanol–water partition coefficient (Wildman–Crippen LogP) is 3.56. The zero-order valence-corrected chi connectivity index (χ0v) is 12.8. The van der Waals surface area contributed by atoms with Crippen molar-refractivity contribution < 1.29 is 14.5 Å². The lowest BCUT2D eigenvalue weighted by molar-refractivity contribution is -0.384. The second-order valence-corrected chi connectivity index (χ2v) is 4.88. The number of carbonyl (C=O) groups excluding carboxylic acids is 1. The third kappa shape index (κ3) is 4.41. The summed E-state index contributed by atoms with van der Waals surface area (Å²) in [4.78, 5) is 22.3. The lowest BCUT2D eigenvalue weighted by Crippen LogP contribution is -2.09. The van der Waals surface area contributed by atoms with Crippen LogP contribution in [0.15, 0.2) is 48.5 Å². The Balaban J connectivity index is 2.16. The summed E-state index contributed by atoms with van der Waals surface area (Å²) < 4.78 is 5.10. The van der Waals surface area contributed by atoms with Gasteiger partial charge >= 0.3 is 0 Å². The molecule has 6 nitrogen and oxygen atoms in total. The van der Waals surface area contributed by atoms with Crippen LogP contribution in [0.1, 0.15) is 11.1 Å². The van der Waals surface area contributed by atoms with E-state index in [4.69, 9.17) is 4.74 Å². The van der Waals surface area contributed by atoms with Crippen molar-refractivity contribution in [1.82, 2.24) is 0 Å². The number of hydrogen-bond donors (Lipinski definition) is 1. The van der Waals surface area contributed by atoms with E-state index in [-0.39, 0.29) is 11.4 Å². The van der Waals surface area contributed by atoms with Crippen molar-refractivity contribution in [3.8, 4) is 5.75 Å². The second-order valence-electron chi connectivity index (χ2n) is 4.88. The summed E-state index contributed by atoms with van der Waals surface area (Å²) in [6, 6.07) is 11.7. The summed E-state index contributed by atoms with van der Waals surface area (Å²) in [5.41, 5.74) is 2.11. The third-order valence-electron chi connectivity index (χ3n) is 3.12. The minimum absolute atomic E-state index is 0.122. The van der Waals surface area contributed by atoms with Crippen molar-refractivity contribution in [2.45, 2.75) is 6.92 Å². The maximum absolute atomic E-state index is 12.0. The number of amides is 1. The van der Waals surface area contributed by atoms with Crippen LogP contribution in [0.2, 0.25) is 0 Å². The molecule has 2 aromatic rings. The molecule has 0 atom stereocenters. The van der Waals surface area contributed by atoms with Gasteiger partial charge in [-0.3, -0.25) is 14.9 Å². The van der Waals surface area contributed by atoms with Crippen molar-refractivity contribution in [1.29, 1.82) is 0 Å². The number of nitro groups is 1. The van der Waals surface area contributed by atoms with Gasteiger partial charge in [0.2, 0.25) is 5.91 Å². The first kappa shape index (κ1) is 16.2. The van der Waals surface area contributed by atoms with Gasteiger partial charge in [-0.2, -0.15) is 0 Å². The van der Waals surface area contributed by atoms with Crippen LogP contribution in [0.5, 0.6) is 5.75 Å². The van der Waals surface area contributed by atoms with Crippen molar-refractivity contribution in [3.63, 3.8) is 0 Å². The molecule has 0 unspecified atom stereocenters. The number of non-ortho nitro benzene ring substituents is 1. The van der Waals surface area contributed by atoms with Crippen LogP contribution in [0.3, 0.4) is 0 Å². The molecular formula is C17H16N2O4. The number of anilines is 1. The largest absolute Gasteiger partial charge is 0.495 e. The highest BCUT2D eigenvalue weighted by atomic mass is 16.6. The van der Waals surface area contributed by atoms with E-state index in [9.17, 15) is 14.9 Å². The molecule has 0 aromatic heterocycles. The Morgan fingerprint density at radius 1 is 1.26 bits per heavy atom. The first-order valence-electron chi connectivity index (χ1n) is 6.88. The Morgan fingerprint density at radius 3 is 2.70 bits per heavy atom. The molecule has 0 fully saturated rings. The highest BCUT2D eigenvalue weighted by molar-refractivity contribution is 6.03. The number of rotatable bonds is 5. The molecule has 118 valence electrons. The van der Waals surface area contributed by atoms with E-state index in [1.54, 1.807) is 6.08 Å². The SMILES string of the molecule is COc1ccc([N+](=O)[O-])cc1NC(=O)/C=C/c1cccc(C)c1. The molecule has 23 heavy (non-hydrogen) atoms. The minimum atomic E-state index is -0.530. The van der Waals surface area contributed by atoms with Gasteiger partial charge in [-0.05, 0) is 24.6 Å². The second kappa shape index (κ2) is 7.22. The van der Waals surface area contributed by atoms with Crippen LogP contribution in [0.4, 0.5) is 11.4 Å². The van der Waals surface area contributed by atoms with E-state index in [1.807, 2.05) is 31.2 Å². The number of benzene rings is 2. The predicted molar refractivity (Wildman–Crippen MR) is 88.5 cm³/mol. The van der Waals surface area contributed by atoms with Crippen LogP contribution in [-0.4, -0.2) is 17.9 Å². The van der Waals surface area contributed by atoms with Crippen molar-refractivity contribution in [3.05, 3.63) is 69.8 Å². The number of ether oxygens (including phenoxy) is 1. The molecule has 2 rings (SSSR count). The third-order valence-corrected chi connectivity index (χ3v) is 3.12. The Bertz CT molecular complexity index is 769. The normalized spacial score (nSPS) is 10.5. The van der Waals surface area contributed by atoms with E-state index in [1.165, 1.54) is 31.4 Å². The quantitative estimate of drug-likeness (QED) is 0.520. The van der Waals surface area contributed by atoms with Gasteiger partial charge in [0, 0.05) is 18.2 Å². The first-order chi connectivity index (χ1) is 11.0. The number of hydrogen-bond acceptors (Lipinski definition) is 4. The molecule has 0 radical (unpaired) electrons. The van der Waals surface area contributed by atoms with E-state index in [2.05, 4.69) is 5.32 Å². The van der Waals surface area contributed by atoms with Gasteiger partial charge in [-0.1, -0.05) is 29.8 Å². The molecule has 1 N–H and O–H groups in total. The van der Waals surface area contributed by atoms with Gasteiger partial charge in [0.05, 0.1) is 17.7 Å².